The van der Waals surface area contributed by atoms with E-state index in [9.17, 15) is 4.79 Å². The number of nitrogens with zero attached hydrogens (tertiary/aromatic N) is 3. The standard InChI is InChI=1S/C26H32N4O3/c1-19(2)27-26(31)29(17-23-15-10-16-32-23)18-24-20(3)28-30(21-11-6-4-7-12-21)25(24)33-22-13-8-5-9-14-22/h4-9,11-14,19,23H,10,15-18H2,1-3H3,(H,27,31)/t23-/m0/s1. The Hall–Kier alpha value is -3.32. The molecular formula is C26H32N4O3. The zero-order valence-electron chi connectivity index (χ0n) is 19.5. The Morgan fingerprint density at radius 1 is 1.18 bits per heavy atom. The van der Waals surface area contributed by atoms with Crippen LogP contribution in [-0.4, -0.2) is 46.0 Å². The molecule has 7 heteroatoms. The van der Waals surface area contributed by atoms with Crippen molar-refractivity contribution < 1.29 is 14.3 Å². The van der Waals surface area contributed by atoms with E-state index in [1.165, 1.54) is 0 Å². The highest BCUT2D eigenvalue weighted by Crippen LogP contribution is 2.32. The van der Waals surface area contributed by atoms with E-state index in [-0.39, 0.29) is 18.2 Å². The quantitative estimate of drug-likeness (QED) is 0.522. The molecule has 1 aliphatic heterocycles. The maximum atomic E-state index is 13.1. The van der Waals surface area contributed by atoms with Crippen LogP contribution in [0.4, 0.5) is 4.79 Å². The maximum Gasteiger partial charge on any atom is 0.317 e. The van der Waals surface area contributed by atoms with E-state index in [0.717, 1.165) is 36.4 Å². The molecule has 33 heavy (non-hydrogen) atoms. The molecule has 4 rings (SSSR count). The second-order valence-electron chi connectivity index (χ2n) is 8.65. The molecule has 1 aliphatic rings. The van der Waals surface area contributed by atoms with Gasteiger partial charge in [0.05, 0.1) is 29.6 Å². The Balaban J connectivity index is 1.70. The minimum atomic E-state index is -0.113. The van der Waals surface area contributed by atoms with E-state index in [1.54, 1.807) is 0 Å². The normalized spacial score (nSPS) is 15.6. The lowest BCUT2D eigenvalue weighted by Gasteiger charge is -2.27. The van der Waals surface area contributed by atoms with Crippen molar-refractivity contribution in [3.05, 3.63) is 71.9 Å². The van der Waals surface area contributed by atoms with Gasteiger partial charge in [-0.05, 0) is 57.9 Å². The summed E-state index contributed by atoms with van der Waals surface area (Å²) in [6, 6.07) is 19.5. The molecule has 0 saturated carbocycles. The number of amides is 2. The van der Waals surface area contributed by atoms with Crippen molar-refractivity contribution in [2.75, 3.05) is 13.2 Å². The molecule has 0 aliphatic carbocycles. The number of aromatic nitrogens is 2. The van der Waals surface area contributed by atoms with Gasteiger partial charge in [0.2, 0.25) is 5.88 Å². The third-order valence-electron chi connectivity index (χ3n) is 5.59. The number of carbonyl (C=O) groups excluding carboxylic acids is 1. The average molecular weight is 449 g/mol. The fourth-order valence-electron chi connectivity index (χ4n) is 3.95. The summed E-state index contributed by atoms with van der Waals surface area (Å²) in [5, 5.41) is 7.81. The fourth-order valence-corrected chi connectivity index (χ4v) is 3.95. The van der Waals surface area contributed by atoms with Crippen molar-refractivity contribution in [2.45, 2.75) is 52.3 Å². The van der Waals surface area contributed by atoms with Crippen LogP contribution in [0.15, 0.2) is 60.7 Å². The molecule has 174 valence electrons. The first-order chi connectivity index (χ1) is 16.0. The highest BCUT2D eigenvalue weighted by molar-refractivity contribution is 5.74. The zero-order chi connectivity index (χ0) is 23.2. The molecule has 2 heterocycles. The average Bonchev–Trinajstić information content (AvgIpc) is 3.43. The molecule has 2 amide bonds. The first-order valence-corrected chi connectivity index (χ1v) is 11.5. The van der Waals surface area contributed by atoms with E-state index in [0.29, 0.717) is 24.7 Å². The number of aryl methyl sites for hydroxylation is 1. The number of benzene rings is 2. The van der Waals surface area contributed by atoms with Crippen molar-refractivity contribution in [3.63, 3.8) is 0 Å². The molecular weight excluding hydrogens is 416 g/mol. The highest BCUT2D eigenvalue weighted by atomic mass is 16.5. The monoisotopic (exact) mass is 448 g/mol. The van der Waals surface area contributed by atoms with Crippen molar-refractivity contribution in [2.24, 2.45) is 0 Å². The molecule has 0 radical (unpaired) electrons. The van der Waals surface area contributed by atoms with Crippen LogP contribution in [0, 0.1) is 6.92 Å². The lowest BCUT2D eigenvalue weighted by molar-refractivity contribution is 0.0789. The van der Waals surface area contributed by atoms with Gasteiger partial charge in [0.1, 0.15) is 5.75 Å². The van der Waals surface area contributed by atoms with Crippen molar-refractivity contribution in [1.82, 2.24) is 20.0 Å². The second kappa shape index (κ2) is 10.5. The summed E-state index contributed by atoms with van der Waals surface area (Å²) in [4.78, 5) is 14.9. The van der Waals surface area contributed by atoms with Crippen molar-refractivity contribution in [3.8, 4) is 17.3 Å². The molecule has 3 aromatic rings. The highest BCUT2D eigenvalue weighted by Gasteiger charge is 2.27. The van der Waals surface area contributed by atoms with Crippen molar-refractivity contribution in [1.29, 1.82) is 0 Å². The minimum Gasteiger partial charge on any atom is -0.439 e. The Labute approximate surface area is 195 Å². The Kier molecular flexibility index (Phi) is 7.29. The summed E-state index contributed by atoms with van der Waals surface area (Å²) in [5.74, 6) is 1.33. The first kappa shape index (κ1) is 22.9. The Bertz CT molecular complexity index is 1040. The van der Waals surface area contributed by atoms with Gasteiger partial charge in [0.15, 0.2) is 0 Å². The second-order valence-corrected chi connectivity index (χ2v) is 8.65. The molecule has 0 spiro atoms. The maximum absolute atomic E-state index is 13.1. The number of ether oxygens (including phenoxy) is 2. The van der Waals surface area contributed by atoms with E-state index in [1.807, 2.05) is 91.0 Å². The Morgan fingerprint density at radius 3 is 2.52 bits per heavy atom. The van der Waals surface area contributed by atoms with Gasteiger partial charge in [-0.3, -0.25) is 0 Å². The summed E-state index contributed by atoms with van der Waals surface area (Å²) in [6.45, 7) is 7.53. The van der Waals surface area contributed by atoms with E-state index < -0.39 is 0 Å². The largest absolute Gasteiger partial charge is 0.439 e. The van der Waals surface area contributed by atoms with Crippen LogP contribution in [-0.2, 0) is 11.3 Å². The summed E-state index contributed by atoms with van der Waals surface area (Å²) in [7, 11) is 0. The van der Waals surface area contributed by atoms with Crippen LogP contribution in [0.2, 0.25) is 0 Å². The smallest absolute Gasteiger partial charge is 0.317 e. The number of rotatable bonds is 8. The summed E-state index contributed by atoms with van der Waals surface area (Å²) in [6.07, 6.45) is 2.03. The topological polar surface area (TPSA) is 68.6 Å². The fraction of sp³-hybridized carbons (Fsp3) is 0.385. The van der Waals surface area contributed by atoms with E-state index in [2.05, 4.69) is 5.32 Å². The van der Waals surface area contributed by atoms with E-state index >= 15 is 0 Å². The molecule has 1 fully saturated rings. The lowest BCUT2D eigenvalue weighted by Crippen LogP contribution is -2.45. The summed E-state index contributed by atoms with van der Waals surface area (Å²) < 4.78 is 14.0. The SMILES string of the molecule is Cc1nn(-c2ccccc2)c(Oc2ccccc2)c1CN(C[C@@H]1CCCO1)C(=O)NC(C)C. The number of carbonyl (C=O) groups is 1. The molecule has 1 atom stereocenters. The number of nitrogens with one attached hydrogen (secondary N) is 1. The van der Waals surface area contributed by atoms with Crippen LogP contribution >= 0.6 is 0 Å². The Morgan fingerprint density at radius 2 is 1.88 bits per heavy atom. The zero-order valence-corrected chi connectivity index (χ0v) is 19.5. The lowest BCUT2D eigenvalue weighted by atomic mass is 10.2. The van der Waals surface area contributed by atoms with Gasteiger partial charge in [-0.15, -0.1) is 0 Å². The molecule has 7 nitrogen and oxygen atoms in total. The summed E-state index contributed by atoms with van der Waals surface area (Å²) >= 11 is 0. The number of para-hydroxylation sites is 2. The molecule has 1 aromatic heterocycles. The number of hydrogen-bond acceptors (Lipinski definition) is 4. The molecule has 1 N–H and O–H groups in total. The van der Waals surface area contributed by atoms with Gasteiger partial charge < -0.3 is 19.7 Å². The van der Waals surface area contributed by atoms with Gasteiger partial charge in [-0.2, -0.15) is 5.10 Å². The van der Waals surface area contributed by atoms with Crippen LogP contribution in [0.25, 0.3) is 5.69 Å². The van der Waals surface area contributed by atoms with Gasteiger partial charge in [-0.1, -0.05) is 36.4 Å². The first-order valence-electron chi connectivity index (χ1n) is 11.5. The van der Waals surface area contributed by atoms with Crippen LogP contribution < -0.4 is 10.1 Å². The van der Waals surface area contributed by atoms with Gasteiger partial charge in [0.25, 0.3) is 0 Å². The predicted octanol–water partition coefficient (Wildman–Crippen LogP) is 5.07. The summed E-state index contributed by atoms with van der Waals surface area (Å²) in [5.41, 5.74) is 2.59. The molecule has 0 bridgehead atoms. The third kappa shape index (κ3) is 5.73. The number of hydrogen-bond donors (Lipinski definition) is 1. The van der Waals surface area contributed by atoms with E-state index in [4.69, 9.17) is 14.6 Å². The van der Waals surface area contributed by atoms with Crippen LogP contribution in [0.5, 0.6) is 11.6 Å². The third-order valence-corrected chi connectivity index (χ3v) is 5.59. The van der Waals surface area contributed by atoms with Gasteiger partial charge in [-0.25, -0.2) is 9.48 Å². The predicted molar refractivity (Wildman–Crippen MR) is 128 cm³/mol. The minimum absolute atomic E-state index is 0.0395. The molecule has 1 saturated heterocycles. The number of urea groups is 1. The molecule has 0 unspecified atom stereocenters. The molecule has 2 aromatic carbocycles. The van der Waals surface area contributed by atoms with Gasteiger partial charge >= 0.3 is 6.03 Å². The van der Waals surface area contributed by atoms with Crippen LogP contribution in [0.3, 0.4) is 0 Å². The van der Waals surface area contributed by atoms with Crippen molar-refractivity contribution >= 4 is 6.03 Å². The van der Waals surface area contributed by atoms with Gasteiger partial charge in [0, 0.05) is 19.2 Å². The van der Waals surface area contributed by atoms with Crippen LogP contribution in [0.1, 0.15) is 37.9 Å².